The lowest BCUT2D eigenvalue weighted by Crippen LogP contribution is -2.08. The molecule has 34 heavy (non-hydrogen) atoms. The van der Waals surface area contributed by atoms with E-state index in [9.17, 15) is 37.8 Å². The fourth-order valence-electron chi connectivity index (χ4n) is 2.74. The monoisotopic (exact) mass is 479 g/mol. The van der Waals surface area contributed by atoms with Crippen molar-refractivity contribution in [3.63, 3.8) is 0 Å². The van der Waals surface area contributed by atoms with Gasteiger partial charge in [0.1, 0.15) is 18.2 Å². The molecule has 0 aliphatic rings. The van der Waals surface area contributed by atoms with Gasteiger partial charge in [-0.3, -0.25) is 20.2 Å². The summed E-state index contributed by atoms with van der Waals surface area (Å²) in [5.74, 6) is -1.69. The second-order valence-electron chi connectivity index (χ2n) is 6.59. The lowest BCUT2D eigenvalue weighted by molar-refractivity contribution is -0.396. The van der Waals surface area contributed by atoms with Crippen molar-refractivity contribution in [3.8, 4) is 11.5 Å². The number of nitrogens with zero attached hydrogens (tertiary/aromatic N) is 3. The van der Waals surface area contributed by atoms with E-state index in [0.717, 1.165) is 6.21 Å². The van der Waals surface area contributed by atoms with Crippen molar-refractivity contribution >= 4 is 17.6 Å². The van der Waals surface area contributed by atoms with Crippen LogP contribution >= 0.6 is 0 Å². The van der Waals surface area contributed by atoms with Crippen LogP contribution in [0, 0.1) is 26.0 Å². The molecular weight excluding hydrogens is 466 g/mol. The van der Waals surface area contributed by atoms with Crippen LogP contribution in [0.4, 0.5) is 28.9 Å². The van der Waals surface area contributed by atoms with Gasteiger partial charge in [0.05, 0.1) is 21.6 Å². The molecule has 0 saturated carbocycles. The smallest absolute Gasteiger partial charge is 0.416 e. The van der Waals surface area contributed by atoms with Crippen LogP contribution in [-0.2, 0) is 17.6 Å². The van der Waals surface area contributed by atoms with Crippen molar-refractivity contribution in [2.45, 2.75) is 12.8 Å². The van der Waals surface area contributed by atoms with Crippen LogP contribution in [0.3, 0.4) is 0 Å². The Hall–Kier alpha value is -4.55. The fourth-order valence-corrected chi connectivity index (χ4v) is 2.74. The third kappa shape index (κ3) is 5.62. The summed E-state index contributed by atoms with van der Waals surface area (Å²) in [6.07, 6.45) is -3.97. The first-order valence-electron chi connectivity index (χ1n) is 9.27. The van der Waals surface area contributed by atoms with Crippen molar-refractivity contribution in [1.82, 2.24) is 0 Å². The molecule has 3 rings (SSSR count). The van der Waals surface area contributed by atoms with Crippen LogP contribution in [0.1, 0.15) is 16.7 Å². The Morgan fingerprint density at radius 1 is 0.941 bits per heavy atom. The van der Waals surface area contributed by atoms with E-state index >= 15 is 0 Å². The Labute approximate surface area is 188 Å². The SMILES string of the molecule is O=[N+]([O-])c1cc(C(F)(F)F)cc([N+](=O)[O-])c1Oc1ccccc1/C=N/OCc1ccccc1F. The highest BCUT2D eigenvalue weighted by Crippen LogP contribution is 2.44. The predicted molar refractivity (Wildman–Crippen MR) is 110 cm³/mol. The molecule has 0 heterocycles. The number of nitro benzene ring substituents is 2. The molecule has 0 radical (unpaired) electrons. The second kappa shape index (κ2) is 9.94. The molecule has 9 nitrogen and oxygen atoms in total. The standard InChI is InChI=1S/C21H13F4N3O6/c22-16-7-3-1-6-14(16)12-33-26-11-13-5-2-4-8-19(13)34-20-17(27(29)30)9-15(21(23,24)25)10-18(20)28(31)32/h1-11H,12H2/b26-11+. The zero-order valence-electron chi connectivity index (χ0n) is 16.9. The Kier molecular flexibility index (Phi) is 7.04. The van der Waals surface area contributed by atoms with E-state index in [4.69, 9.17) is 9.57 Å². The van der Waals surface area contributed by atoms with Gasteiger partial charge in [-0.25, -0.2) is 4.39 Å². The van der Waals surface area contributed by atoms with Crippen molar-refractivity contribution in [2.75, 3.05) is 0 Å². The van der Waals surface area contributed by atoms with Gasteiger partial charge in [0.25, 0.3) is 5.75 Å². The molecule has 0 saturated heterocycles. The number of nitro groups is 2. The number of halogens is 4. The van der Waals surface area contributed by atoms with Crippen molar-refractivity contribution in [1.29, 1.82) is 0 Å². The molecule has 0 fully saturated rings. The largest absolute Gasteiger partial charge is 0.443 e. The summed E-state index contributed by atoms with van der Waals surface area (Å²) in [7, 11) is 0. The zero-order valence-corrected chi connectivity index (χ0v) is 16.9. The third-order valence-electron chi connectivity index (χ3n) is 4.35. The molecule has 0 atom stereocenters. The van der Waals surface area contributed by atoms with E-state index < -0.39 is 44.5 Å². The highest BCUT2D eigenvalue weighted by atomic mass is 19.4. The summed E-state index contributed by atoms with van der Waals surface area (Å²) in [5.41, 5.74) is -3.72. The average Bonchev–Trinajstić information content (AvgIpc) is 2.77. The minimum Gasteiger partial charge on any atom is -0.443 e. The molecule has 0 aliphatic heterocycles. The molecule has 0 aromatic heterocycles. The number of rotatable bonds is 8. The van der Waals surface area contributed by atoms with Crippen LogP contribution in [0.5, 0.6) is 11.5 Å². The molecule has 0 bridgehead atoms. The van der Waals surface area contributed by atoms with E-state index in [1.54, 1.807) is 6.07 Å². The summed E-state index contributed by atoms with van der Waals surface area (Å²) in [6.45, 7) is -0.220. The topological polar surface area (TPSA) is 117 Å². The first kappa shape index (κ1) is 24.1. The Morgan fingerprint density at radius 2 is 1.53 bits per heavy atom. The van der Waals surface area contributed by atoms with Crippen LogP contribution < -0.4 is 4.74 Å². The van der Waals surface area contributed by atoms with E-state index in [0.29, 0.717) is 0 Å². The summed E-state index contributed by atoms with van der Waals surface area (Å²) < 4.78 is 58.2. The van der Waals surface area contributed by atoms with Crippen molar-refractivity contribution in [3.05, 3.63) is 103 Å². The first-order valence-corrected chi connectivity index (χ1v) is 9.27. The van der Waals surface area contributed by atoms with E-state index in [-0.39, 0.29) is 35.6 Å². The van der Waals surface area contributed by atoms with Gasteiger partial charge in [0.15, 0.2) is 0 Å². The maximum atomic E-state index is 13.6. The molecule has 13 heteroatoms. The van der Waals surface area contributed by atoms with Gasteiger partial charge in [-0.15, -0.1) is 0 Å². The summed E-state index contributed by atoms with van der Waals surface area (Å²) in [4.78, 5) is 25.4. The van der Waals surface area contributed by atoms with Gasteiger partial charge in [-0.2, -0.15) is 13.2 Å². The van der Waals surface area contributed by atoms with Gasteiger partial charge in [-0.1, -0.05) is 35.5 Å². The highest BCUT2D eigenvalue weighted by molar-refractivity contribution is 5.83. The van der Waals surface area contributed by atoms with Crippen LogP contribution in [0.2, 0.25) is 0 Å². The number of para-hydroxylation sites is 1. The molecule has 0 N–H and O–H groups in total. The molecule has 176 valence electrons. The fraction of sp³-hybridized carbons (Fsp3) is 0.0952. The van der Waals surface area contributed by atoms with E-state index in [1.165, 1.54) is 42.5 Å². The molecular formula is C21H13F4N3O6. The van der Waals surface area contributed by atoms with Gasteiger partial charge in [-0.05, 0) is 18.2 Å². The van der Waals surface area contributed by atoms with Gasteiger partial charge >= 0.3 is 17.6 Å². The summed E-state index contributed by atoms with van der Waals surface area (Å²) >= 11 is 0. The molecule has 0 spiro atoms. The lowest BCUT2D eigenvalue weighted by Gasteiger charge is -2.12. The van der Waals surface area contributed by atoms with Crippen LogP contribution in [0.15, 0.2) is 65.8 Å². The maximum Gasteiger partial charge on any atom is 0.416 e. The van der Waals surface area contributed by atoms with Crippen LogP contribution in [0.25, 0.3) is 0 Å². The number of hydrogen-bond acceptors (Lipinski definition) is 7. The second-order valence-corrected chi connectivity index (χ2v) is 6.59. The van der Waals surface area contributed by atoms with E-state index in [2.05, 4.69) is 5.16 Å². The maximum absolute atomic E-state index is 13.6. The van der Waals surface area contributed by atoms with E-state index in [1.807, 2.05) is 0 Å². The van der Waals surface area contributed by atoms with Crippen molar-refractivity contribution in [2.24, 2.45) is 5.16 Å². The Morgan fingerprint density at radius 3 is 2.12 bits per heavy atom. The minimum absolute atomic E-state index is 0.125. The van der Waals surface area contributed by atoms with Crippen molar-refractivity contribution < 1.29 is 37.0 Å². The number of oxime groups is 1. The number of alkyl halides is 3. The molecule has 0 unspecified atom stereocenters. The number of hydrogen-bond donors (Lipinski definition) is 0. The number of ether oxygens (including phenoxy) is 1. The first-order chi connectivity index (χ1) is 16.1. The zero-order chi connectivity index (χ0) is 24.9. The highest BCUT2D eigenvalue weighted by Gasteiger charge is 2.38. The summed E-state index contributed by atoms with van der Waals surface area (Å²) in [5, 5.41) is 26.4. The van der Waals surface area contributed by atoms with Gasteiger partial charge in [0.2, 0.25) is 0 Å². The Balaban J connectivity index is 1.93. The lowest BCUT2D eigenvalue weighted by atomic mass is 10.1. The molecule has 0 aliphatic carbocycles. The Bertz CT molecular complexity index is 1230. The van der Waals surface area contributed by atoms with Gasteiger partial charge in [0, 0.05) is 23.3 Å². The quantitative estimate of drug-likeness (QED) is 0.169. The molecule has 0 amide bonds. The summed E-state index contributed by atoms with van der Waals surface area (Å²) in [6, 6.07) is 11.7. The van der Waals surface area contributed by atoms with Crippen LogP contribution in [-0.4, -0.2) is 16.1 Å². The minimum atomic E-state index is -5.06. The third-order valence-corrected chi connectivity index (χ3v) is 4.35. The molecule has 3 aromatic rings. The normalized spacial score (nSPS) is 11.4. The average molecular weight is 479 g/mol. The number of benzene rings is 3. The van der Waals surface area contributed by atoms with Gasteiger partial charge < -0.3 is 9.57 Å². The predicted octanol–water partition coefficient (Wildman–Crippen LogP) is 6.00. The molecule has 3 aromatic carbocycles.